The summed E-state index contributed by atoms with van der Waals surface area (Å²) < 4.78 is 0. The van der Waals surface area contributed by atoms with E-state index in [9.17, 15) is 14.4 Å². The maximum absolute atomic E-state index is 10.3. The van der Waals surface area contributed by atoms with Gasteiger partial charge in [0, 0.05) is 6.54 Å². The highest BCUT2D eigenvalue weighted by atomic mass is 16.4. The summed E-state index contributed by atoms with van der Waals surface area (Å²) in [6, 6.07) is 0. The van der Waals surface area contributed by atoms with Crippen LogP contribution >= 0.6 is 0 Å². The van der Waals surface area contributed by atoms with E-state index in [-0.39, 0.29) is 0 Å². The first-order chi connectivity index (χ1) is 5.39. The van der Waals surface area contributed by atoms with Gasteiger partial charge in [0.25, 0.3) is 5.41 Å². The zero-order chi connectivity index (χ0) is 9.94. The van der Waals surface area contributed by atoms with Crippen LogP contribution in [0, 0.1) is 5.41 Å². The van der Waals surface area contributed by atoms with E-state index in [1.807, 2.05) is 0 Å². The Morgan fingerprint density at radius 3 is 1.25 bits per heavy atom. The summed E-state index contributed by atoms with van der Waals surface area (Å²) in [6.07, 6.45) is 0. The predicted octanol–water partition coefficient (Wildman–Crippen LogP) is -1.81. The Bertz CT molecular complexity index is 198. The number of hydrogen-bond donors (Lipinski definition) is 4. The van der Waals surface area contributed by atoms with Gasteiger partial charge in [0.05, 0.1) is 0 Å². The van der Waals surface area contributed by atoms with Crippen molar-refractivity contribution in [2.75, 3.05) is 6.54 Å². The molecule has 0 aliphatic carbocycles. The van der Waals surface area contributed by atoms with Crippen LogP contribution in [0.25, 0.3) is 0 Å². The van der Waals surface area contributed by atoms with Crippen LogP contribution in [0.15, 0.2) is 0 Å². The highest BCUT2D eigenvalue weighted by Gasteiger charge is 2.53. The lowest BCUT2D eigenvalue weighted by atomic mass is 9.89. The number of aliphatic carboxylic acids is 3. The van der Waals surface area contributed by atoms with Gasteiger partial charge in [-0.05, 0) is 0 Å². The van der Waals surface area contributed by atoms with Crippen molar-refractivity contribution in [2.24, 2.45) is 11.1 Å². The van der Waals surface area contributed by atoms with E-state index < -0.39 is 29.9 Å². The molecule has 68 valence electrons. The molecule has 0 saturated carbocycles. The molecule has 0 aromatic heterocycles. The molecule has 0 aromatic rings. The molecule has 0 radical (unpaired) electrons. The first-order valence-corrected chi connectivity index (χ1v) is 2.79. The molecule has 7 heteroatoms. The largest absolute Gasteiger partial charge is 0.480 e. The summed E-state index contributed by atoms with van der Waals surface area (Å²) in [5.74, 6) is -5.94. The van der Waals surface area contributed by atoms with Crippen LogP contribution in [0.1, 0.15) is 0 Å². The molecule has 0 atom stereocenters. The Hall–Kier alpha value is -1.63. The fraction of sp³-hybridized carbons (Fsp3) is 0.400. The van der Waals surface area contributed by atoms with Crippen LogP contribution < -0.4 is 5.73 Å². The number of carboxylic acids is 3. The molecule has 0 unspecified atom stereocenters. The van der Waals surface area contributed by atoms with E-state index in [1.54, 1.807) is 0 Å². The van der Waals surface area contributed by atoms with Crippen molar-refractivity contribution in [1.82, 2.24) is 0 Å². The topological polar surface area (TPSA) is 138 Å². The van der Waals surface area contributed by atoms with Crippen LogP contribution in [0.4, 0.5) is 0 Å². The van der Waals surface area contributed by atoms with Gasteiger partial charge in [-0.3, -0.25) is 14.4 Å². The fourth-order valence-corrected chi connectivity index (χ4v) is 0.536. The van der Waals surface area contributed by atoms with Crippen molar-refractivity contribution in [3.63, 3.8) is 0 Å². The molecule has 0 rings (SSSR count). The third-order valence-electron chi connectivity index (χ3n) is 1.40. The lowest BCUT2D eigenvalue weighted by molar-refractivity contribution is -0.174. The van der Waals surface area contributed by atoms with Gasteiger partial charge >= 0.3 is 17.9 Å². The predicted molar refractivity (Wildman–Crippen MR) is 34.4 cm³/mol. The average Bonchev–Trinajstić information content (AvgIpc) is 1.86. The lowest BCUT2D eigenvalue weighted by Crippen LogP contribution is -2.51. The molecule has 7 nitrogen and oxygen atoms in total. The van der Waals surface area contributed by atoms with Crippen molar-refractivity contribution in [2.45, 2.75) is 0 Å². The quantitative estimate of drug-likeness (QED) is 0.371. The second kappa shape index (κ2) is 3.18. The van der Waals surface area contributed by atoms with Gasteiger partial charge in [0.1, 0.15) is 0 Å². The van der Waals surface area contributed by atoms with Gasteiger partial charge in [0.15, 0.2) is 0 Å². The summed E-state index contributed by atoms with van der Waals surface area (Å²) in [4.78, 5) is 30.9. The van der Waals surface area contributed by atoms with Gasteiger partial charge in [-0.1, -0.05) is 0 Å². The van der Waals surface area contributed by atoms with Gasteiger partial charge in [-0.2, -0.15) is 0 Å². The molecule has 0 spiro atoms. The molecule has 0 fully saturated rings. The zero-order valence-electron chi connectivity index (χ0n) is 5.85. The van der Waals surface area contributed by atoms with Crippen LogP contribution in [-0.4, -0.2) is 39.8 Å². The number of nitrogens with two attached hydrogens (primary N) is 1. The van der Waals surface area contributed by atoms with E-state index >= 15 is 0 Å². The summed E-state index contributed by atoms with van der Waals surface area (Å²) in [5.41, 5.74) is 1.84. The maximum atomic E-state index is 10.3. The van der Waals surface area contributed by atoms with Crippen LogP contribution in [0.3, 0.4) is 0 Å². The highest BCUT2D eigenvalue weighted by Crippen LogP contribution is 2.16. The van der Waals surface area contributed by atoms with Crippen molar-refractivity contribution < 1.29 is 29.7 Å². The average molecular weight is 177 g/mol. The normalized spacial score (nSPS) is 10.8. The smallest absolute Gasteiger partial charge is 0.334 e. The second-order valence-electron chi connectivity index (χ2n) is 2.02. The molecule has 0 amide bonds. The maximum Gasteiger partial charge on any atom is 0.334 e. The van der Waals surface area contributed by atoms with Gasteiger partial charge in [-0.15, -0.1) is 0 Å². The van der Waals surface area contributed by atoms with E-state index in [2.05, 4.69) is 0 Å². The van der Waals surface area contributed by atoms with Crippen LogP contribution in [0.5, 0.6) is 0 Å². The second-order valence-corrected chi connectivity index (χ2v) is 2.02. The molecule has 0 aliphatic heterocycles. The van der Waals surface area contributed by atoms with Crippen LogP contribution in [0.2, 0.25) is 0 Å². The minimum absolute atomic E-state index is 0.993. The first kappa shape index (κ1) is 10.4. The molecular weight excluding hydrogens is 170 g/mol. The summed E-state index contributed by atoms with van der Waals surface area (Å²) in [6.45, 7) is -0.993. The number of carbonyl (C=O) groups is 3. The minimum atomic E-state index is -2.93. The van der Waals surface area contributed by atoms with E-state index in [4.69, 9.17) is 21.1 Å². The Balaban J connectivity index is 5.19. The molecule has 0 aliphatic rings. The van der Waals surface area contributed by atoms with E-state index in [0.717, 1.165) is 0 Å². The molecular formula is C5H7NO6. The minimum Gasteiger partial charge on any atom is -0.480 e. The summed E-state index contributed by atoms with van der Waals surface area (Å²) in [7, 11) is 0. The number of carboxylic acid groups (broad SMARTS) is 3. The van der Waals surface area contributed by atoms with E-state index in [0.29, 0.717) is 0 Å². The molecule has 5 N–H and O–H groups in total. The first-order valence-electron chi connectivity index (χ1n) is 2.79. The molecule has 12 heavy (non-hydrogen) atoms. The van der Waals surface area contributed by atoms with E-state index in [1.165, 1.54) is 0 Å². The Morgan fingerprint density at radius 1 is 1.00 bits per heavy atom. The monoisotopic (exact) mass is 177 g/mol. The number of rotatable bonds is 4. The SMILES string of the molecule is NCC(C(=O)O)(C(=O)O)C(=O)O. The fourth-order valence-electron chi connectivity index (χ4n) is 0.536. The standard InChI is InChI=1S/C5H7NO6/c6-1-5(2(7)8,3(9)10)4(11)12/h1,6H2,(H,7,8)(H,9,10)(H,11,12). The Morgan fingerprint density at radius 2 is 1.25 bits per heavy atom. The molecule has 0 saturated heterocycles. The molecule has 0 heterocycles. The third-order valence-corrected chi connectivity index (χ3v) is 1.40. The van der Waals surface area contributed by atoms with Crippen molar-refractivity contribution >= 4 is 17.9 Å². The van der Waals surface area contributed by atoms with Crippen molar-refractivity contribution in [3.05, 3.63) is 0 Å². The third kappa shape index (κ3) is 1.21. The van der Waals surface area contributed by atoms with Gasteiger partial charge in [0.2, 0.25) is 0 Å². The highest BCUT2D eigenvalue weighted by molar-refractivity contribution is 6.16. The summed E-state index contributed by atoms with van der Waals surface area (Å²) >= 11 is 0. The Labute approximate surface area is 66.4 Å². The van der Waals surface area contributed by atoms with Crippen molar-refractivity contribution in [3.8, 4) is 0 Å². The lowest BCUT2D eigenvalue weighted by Gasteiger charge is -2.16. The Kier molecular flexibility index (Phi) is 2.75. The van der Waals surface area contributed by atoms with Crippen LogP contribution in [-0.2, 0) is 14.4 Å². The molecule has 0 aromatic carbocycles. The zero-order valence-corrected chi connectivity index (χ0v) is 5.85. The molecule has 0 bridgehead atoms. The van der Waals surface area contributed by atoms with Gasteiger partial charge in [-0.25, -0.2) is 0 Å². The number of hydrogen-bond acceptors (Lipinski definition) is 4. The summed E-state index contributed by atoms with van der Waals surface area (Å²) in [5, 5.41) is 25.0. The van der Waals surface area contributed by atoms with Crippen molar-refractivity contribution in [1.29, 1.82) is 0 Å². The van der Waals surface area contributed by atoms with Gasteiger partial charge < -0.3 is 21.1 Å².